The molecule has 0 radical (unpaired) electrons. The molecule has 1 aromatic carbocycles. The molecule has 5 nitrogen and oxygen atoms in total. The van der Waals surface area contributed by atoms with Crippen molar-refractivity contribution in [3.05, 3.63) is 29.6 Å². The number of carbonyl (C=O) groups excluding carboxylic acids is 1. The smallest absolute Gasteiger partial charge is 0.352 e. The highest BCUT2D eigenvalue weighted by atomic mass is 32.2. The average Bonchev–Trinajstić information content (AvgIpc) is 2.25. The quantitative estimate of drug-likeness (QED) is 0.817. The zero-order valence-corrected chi connectivity index (χ0v) is 10.7. The third-order valence-electron chi connectivity index (χ3n) is 2.21. The molecule has 0 aliphatic carbocycles. The van der Waals surface area contributed by atoms with E-state index in [0.717, 1.165) is 6.07 Å². The Morgan fingerprint density at radius 1 is 1.30 bits per heavy atom. The van der Waals surface area contributed by atoms with E-state index in [9.17, 15) is 30.8 Å². The third-order valence-corrected chi connectivity index (χ3v) is 3.12. The number of hydrogen-bond donors (Lipinski definition) is 2. The van der Waals surface area contributed by atoms with Crippen molar-refractivity contribution in [1.29, 1.82) is 0 Å². The lowest BCUT2D eigenvalue weighted by Gasteiger charge is -2.09. The van der Waals surface area contributed by atoms with Crippen molar-refractivity contribution in [2.75, 3.05) is 6.54 Å². The predicted octanol–water partition coefficient (Wildman–Crippen LogP) is 1.16. The summed E-state index contributed by atoms with van der Waals surface area (Å²) in [7, 11) is -4.15. The first-order valence-electron chi connectivity index (χ1n) is 5.18. The minimum absolute atomic E-state index is 0.514. The molecule has 1 amide bonds. The molecule has 0 aliphatic rings. The van der Waals surface area contributed by atoms with Crippen LogP contribution in [0.5, 0.6) is 0 Å². The van der Waals surface area contributed by atoms with E-state index in [-0.39, 0.29) is 0 Å². The highest BCUT2D eigenvalue weighted by molar-refractivity contribution is 7.89. The number of amides is 1. The van der Waals surface area contributed by atoms with Crippen LogP contribution in [0.3, 0.4) is 0 Å². The number of nitrogens with two attached hydrogens (primary N) is 1. The molecule has 0 heterocycles. The van der Waals surface area contributed by atoms with Gasteiger partial charge < -0.3 is 5.32 Å². The van der Waals surface area contributed by atoms with Gasteiger partial charge >= 0.3 is 6.18 Å². The maximum atomic E-state index is 13.4. The molecule has 112 valence electrons. The van der Waals surface area contributed by atoms with Crippen molar-refractivity contribution in [2.45, 2.75) is 17.5 Å². The van der Waals surface area contributed by atoms with Crippen LogP contribution in [0.25, 0.3) is 0 Å². The number of benzene rings is 1. The Hall–Kier alpha value is -1.68. The van der Waals surface area contributed by atoms with Crippen LogP contribution >= 0.6 is 0 Å². The first kappa shape index (κ1) is 16.4. The van der Waals surface area contributed by atoms with Gasteiger partial charge in [0.2, 0.25) is 10.0 Å². The summed E-state index contributed by atoms with van der Waals surface area (Å²) in [4.78, 5) is 11.0. The van der Waals surface area contributed by atoms with Crippen molar-refractivity contribution >= 4 is 15.9 Å². The molecule has 0 unspecified atom stereocenters. The number of carbonyl (C=O) groups is 1. The van der Waals surface area contributed by atoms with Gasteiger partial charge in [-0.05, 0) is 18.2 Å². The standard InChI is InChI=1S/C10H10F4N2O3S/c11-8-2-1-6(20(15,18)19)5-7(8)9(17)16-4-3-10(12,13)14/h1-2,5H,3-4H2,(H,16,17)(H2,15,18,19). The van der Waals surface area contributed by atoms with Gasteiger partial charge in [-0.1, -0.05) is 0 Å². The van der Waals surface area contributed by atoms with E-state index >= 15 is 0 Å². The second-order valence-electron chi connectivity index (χ2n) is 3.81. The van der Waals surface area contributed by atoms with Crippen LogP contribution in [0.15, 0.2) is 23.1 Å². The zero-order chi connectivity index (χ0) is 15.6. The van der Waals surface area contributed by atoms with Gasteiger partial charge in [0, 0.05) is 6.54 Å². The van der Waals surface area contributed by atoms with Gasteiger partial charge in [-0.15, -0.1) is 0 Å². The second-order valence-corrected chi connectivity index (χ2v) is 5.37. The molecule has 0 saturated carbocycles. The Labute approximate surface area is 111 Å². The second kappa shape index (κ2) is 5.75. The maximum absolute atomic E-state index is 13.4. The van der Waals surface area contributed by atoms with Crippen molar-refractivity contribution in [2.24, 2.45) is 5.14 Å². The van der Waals surface area contributed by atoms with Crippen LogP contribution in [-0.4, -0.2) is 27.0 Å². The summed E-state index contributed by atoms with van der Waals surface area (Å²) in [5.74, 6) is -2.22. The van der Waals surface area contributed by atoms with Gasteiger partial charge in [-0.2, -0.15) is 13.2 Å². The SMILES string of the molecule is NS(=O)(=O)c1ccc(F)c(C(=O)NCCC(F)(F)F)c1. The summed E-state index contributed by atoms with van der Waals surface area (Å²) in [6.07, 6.45) is -5.75. The molecule has 0 bridgehead atoms. The molecular formula is C10H10F4N2O3S. The lowest BCUT2D eigenvalue weighted by atomic mass is 10.2. The first-order chi connectivity index (χ1) is 9.00. The van der Waals surface area contributed by atoms with E-state index in [1.165, 1.54) is 0 Å². The normalized spacial score (nSPS) is 12.2. The molecule has 0 aromatic heterocycles. The van der Waals surface area contributed by atoms with Crippen LogP contribution in [0.2, 0.25) is 0 Å². The largest absolute Gasteiger partial charge is 0.390 e. The summed E-state index contributed by atoms with van der Waals surface area (Å²) < 4.78 is 71.1. The predicted molar refractivity (Wildman–Crippen MR) is 60.8 cm³/mol. The van der Waals surface area contributed by atoms with E-state index in [0.29, 0.717) is 12.1 Å². The summed E-state index contributed by atoms with van der Waals surface area (Å²) >= 11 is 0. The van der Waals surface area contributed by atoms with Crippen molar-refractivity contribution < 1.29 is 30.8 Å². The molecule has 0 atom stereocenters. The number of alkyl halides is 3. The van der Waals surface area contributed by atoms with Crippen LogP contribution in [0.4, 0.5) is 17.6 Å². The molecule has 0 saturated heterocycles. The van der Waals surface area contributed by atoms with E-state index in [2.05, 4.69) is 0 Å². The van der Waals surface area contributed by atoms with Gasteiger partial charge in [0.05, 0.1) is 16.9 Å². The Morgan fingerprint density at radius 3 is 2.40 bits per heavy atom. The van der Waals surface area contributed by atoms with Crippen LogP contribution < -0.4 is 10.5 Å². The van der Waals surface area contributed by atoms with Gasteiger partial charge in [-0.3, -0.25) is 4.79 Å². The number of hydrogen-bond acceptors (Lipinski definition) is 3. The first-order valence-corrected chi connectivity index (χ1v) is 6.72. The third kappa shape index (κ3) is 4.78. The number of sulfonamides is 1. The number of rotatable bonds is 4. The molecule has 3 N–H and O–H groups in total. The Bertz CT molecular complexity index is 613. The number of primary sulfonamides is 1. The number of nitrogens with one attached hydrogen (secondary N) is 1. The zero-order valence-electron chi connectivity index (χ0n) is 9.87. The molecular weight excluding hydrogens is 304 g/mol. The fourth-order valence-electron chi connectivity index (χ4n) is 1.27. The molecule has 20 heavy (non-hydrogen) atoms. The lowest BCUT2D eigenvalue weighted by Crippen LogP contribution is -2.29. The van der Waals surface area contributed by atoms with Crippen LogP contribution in [0, 0.1) is 5.82 Å². The average molecular weight is 314 g/mol. The van der Waals surface area contributed by atoms with E-state index in [1.807, 2.05) is 5.32 Å². The minimum Gasteiger partial charge on any atom is -0.352 e. The lowest BCUT2D eigenvalue weighted by molar-refractivity contribution is -0.132. The molecule has 0 fully saturated rings. The topological polar surface area (TPSA) is 89.3 Å². The van der Waals surface area contributed by atoms with Crippen molar-refractivity contribution in [1.82, 2.24) is 5.32 Å². The summed E-state index contributed by atoms with van der Waals surface area (Å²) in [6, 6.07) is 2.20. The van der Waals surface area contributed by atoms with Gasteiger partial charge in [0.25, 0.3) is 5.91 Å². The van der Waals surface area contributed by atoms with Crippen molar-refractivity contribution in [3.8, 4) is 0 Å². The minimum atomic E-state index is -4.46. The Morgan fingerprint density at radius 2 is 1.90 bits per heavy atom. The van der Waals surface area contributed by atoms with Gasteiger partial charge in [0.1, 0.15) is 5.82 Å². The molecule has 1 rings (SSSR count). The Balaban J connectivity index is 2.88. The van der Waals surface area contributed by atoms with E-state index in [1.54, 1.807) is 0 Å². The van der Waals surface area contributed by atoms with Gasteiger partial charge in [0.15, 0.2) is 0 Å². The molecule has 0 spiro atoms. The van der Waals surface area contributed by atoms with Crippen molar-refractivity contribution in [3.63, 3.8) is 0 Å². The highest BCUT2D eigenvalue weighted by Gasteiger charge is 2.27. The van der Waals surface area contributed by atoms with E-state index in [4.69, 9.17) is 5.14 Å². The Kier molecular flexibility index (Phi) is 4.71. The van der Waals surface area contributed by atoms with Gasteiger partial charge in [-0.25, -0.2) is 17.9 Å². The highest BCUT2D eigenvalue weighted by Crippen LogP contribution is 2.18. The fourth-order valence-corrected chi connectivity index (χ4v) is 1.81. The summed E-state index contributed by atoms with van der Waals surface area (Å²) in [5, 5.41) is 6.64. The van der Waals surface area contributed by atoms with E-state index < -0.39 is 51.3 Å². The number of halogens is 4. The van der Waals surface area contributed by atoms with Crippen LogP contribution in [-0.2, 0) is 10.0 Å². The molecule has 1 aromatic rings. The summed E-state index contributed by atoms with van der Waals surface area (Å²) in [5.41, 5.74) is -0.696. The molecule has 10 heteroatoms. The van der Waals surface area contributed by atoms with Crippen LogP contribution in [0.1, 0.15) is 16.8 Å². The fraction of sp³-hybridized carbons (Fsp3) is 0.300. The maximum Gasteiger partial charge on any atom is 0.390 e. The monoisotopic (exact) mass is 314 g/mol. The summed E-state index contributed by atoms with van der Waals surface area (Å²) in [6.45, 7) is -0.749. The molecule has 0 aliphatic heterocycles.